The molecular weight excluding hydrogens is 176 g/mol. The maximum Gasteiger partial charge on any atom is 0.133 e. The SMILES string of the molecule is Cc1nnc2n1CC(CC(C)N)CC2. The fourth-order valence-corrected chi connectivity index (χ4v) is 2.25. The summed E-state index contributed by atoms with van der Waals surface area (Å²) in [7, 11) is 0. The Labute approximate surface area is 84.5 Å². The second-order valence-electron chi connectivity index (χ2n) is 4.39. The Bertz CT molecular complexity index is 316. The van der Waals surface area contributed by atoms with Gasteiger partial charge in [-0.25, -0.2) is 0 Å². The molecule has 1 aliphatic rings. The summed E-state index contributed by atoms with van der Waals surface area (Å²) in [5, 5.41) is 8.25. The summed E-state index contributed by atoms with van der Waals surface area (Å²) >= 11 is 0. The highest BCUT2D eigenvalue weighted by molar-refractivity contribution is 4.98. The zero-order valence-electron chi connectivity index (χ0n) is 8.90. The number of rotatable bonds is 2. The highest BCUT2D eigenvalue weighted by Gasteiger charge is 2.21. The van der Waals surface area contributed by atoms with Gasteiger partial charge in [-0.05, 0) is 32.6 Å². The topological polar surface area (TPSA) is 56.7 Å². The molecule has 0 saturated carbocycles. The van der Waals surface area contributed by atoms with Crippen LogP contribution in [0.25, 0.3) is 0 Å². The standard InChI is InChI=1S/C10H18N4/c1-7(11)5-9-3-4-10-13-12-8(2)14(10)6-9/h7,9H,3-6,11H2,1-2H3. The van der Waals surface area contributed by atoms with E-state index in [0.717, 1.165) is 31.0 Å². The van der Waals surface area contributed by atoms with Crippen LogP contribution in [0.3, 0.4) is 0 Å². The lowest BCUT2D eigenvalue weighted by molar-refractivity contribution is 0.324. The molecule has 0 bridgehead atoms. The third kappa shape index (κ3) is 1.80. The van der Waals surface area contributed by atoms with Gasteiger partial charge in [0.05, 0.1) is 0 Å². The Balaban J connectivity index is 2.08. The first-order valence-corrected chi connectivity index (χ1v) is 5.31. The van der Waals surface area contributed by atoms with Crippen LogP contribution in [-0.4, -0.2) is 20.8 Å². The van der Waals surface area contributed by atoms with Gasteiger partial charge in [0, 0.05) is 19.0 Å². The first-order valence-electron chi connectivity index (χ1n) is 5.31. The maximum absolute atomic E-state index is 5.82. The molecule has 2 heterocycles. The van der Waals surface area contributed by atoms with Crippen molar-refractivity contribution in [3.8, 4) is 0 Å². The van der Waals surface area contributed by atoms with Gasteiger partial charge in [0.1, 0.15) is 11.6 Å². The third-order valence-electron chi connectivity index (χ3n) is 2.93. The molecule has 4 heteroatoms. The monoisotopic (exact) mass is 194 g/mol. The Hall–Kier alpha value is -0.900. The predicted molar refractivity (Wildman–Crippen MR) is 54.8 cm³/mol. The van der Waals surface area contributed by atoms with Crippen molar-refractivity contribution in [1.82, 2.24) is 14.8 Å². The maximum atomic E-state index is 5.82. The smallest absolute Gasteiger partial charge is 0.133 e. The fourth-order valence-electron chi connectivity index (χ4n) is 2.25. The van der Waals surface area contributed by atoms with E-state index in [9.17, 15) is 0 Å². The van der Waals surface area contributed by atoms with Gasteiger partial charge < -0.3 is 10.3 Å². The Morgan fingerprint density at radius 1 is 1.57 bits per heavy atom. The number of hydrogen-bond donors (Lipinski definition) is 1. The van der Waals surface area contributed by atoms with Crippen LogP contribution in [0.5, 0.6) is 0 Å². The van der Waals surface area contributed by atoms with Crippen molar-refractivity contribution in [2.45, 2.75) is 45.7 Å². The van der Waals surface area contributed by atoms with E-state index >= 15 is 0 Å². The van der Waals surface area contributed by atoms with Crippen molar-refractivity contribution in [1.29, 1.82) is 0 Å². The molecular formula is C10H18N4. The molecule has 1 aliphatic heterocycles. The number of hydrogen-bond acceptors (Lipinski definition) is 3. The van der Waals surface area contributed by atoms with Crippen LogP contribution in [-0.2, 0) is 13.0 Å². The summed E-state index contributed by atoms with van der Waals surface area (Å²) in [6.45, 7) is 5.15. The third-order valence-corrected chi connectivity index (χ3v) is 2.93. The van der Waals surface area contributed by atoms with Crippen LogP contribution < -0.4 is 5.73 Å². The second kappa shape index (κ2) is 3.69. The molecule has 2 N–H and O–H groups in total. The zero-order valence-corrected chi connectivity index (χ0v) is 8.90. The first-order chi connectivity index (χ1) is 6.66. The highest BCUT2D eigenvalue weighted by Crippen LogP contribution is 2.22. The van der Waals surface area contributed by atoms with E-state index in [1.54, 1.807) is 0 Å². The summed E-state index contributed by atoms with van der Waals surface area (Å²) in [6.07, 6.45) is 3.37. The Morgan fingerprint density at radius 3 is 3.07 bits per heavy atom. The van der Waals surface area contributed by atoms with Crippen LogP contribution in [0.4, 0.5) is 0 Å². The molecule has 14 heavy (non-hydrogen) atoms. The van der Waals surface area contributed by atoms with E-state index < -0.39 is 0 Å². The number of aryl methyl sites for hydroxylation is 2. The van der Waals surface area contributed by atoms with Crippen LogP contribution in [0, 0.1) is 12.8 Å². The van der Waals surface area contributed by atoms with Crippen LogP contribution in [0.15, 0.2) is 0 Å². The van der Waals surface area contributed by atoms with Crippen molar-refractivity contribution in [2.75, 3.05) is 0 Å². The van der Waals surface area contributed by atoms with E-state index in [4.69, 9.17) is 5.73 Å². The molecule has 0 saturated heterocycles. The molecule has 1 aromatic rings. The van der Waals surface area contributed by atoms with E-state index in [1.165, 1.54) is 6.42 Å². The number of nitrogens with two attached hydrogens (primary N) is 1. The average molecular weight is 194 g/mol. The van der Waals surface area contributed by atoms with Crippen molar-refractivity contribution in [2.24, 2.45) is 11.7 Å². The Morgan fingerprint density at radius 2 is 2.36 bits per heavy atom. The normalized spacial score (nSPS) is 23.2. The van der Waals surface area contributed by atoms with E-state index in [-0.39, 0.29) is 0 Å². The molecule has 0 aliphatic carbocycles. The summed E-state index contributed by atoms with van der Waals surface area (Å²) < 4.78 is 2.23. The molecule has 1 aromatic heterocycles. The number of fused-ring (bicyclic) bond motifs is 1. The van der Waals surface area contributed by atoms with E-state index in [1.807, 2.05) is 6.92 Å². The number of aromatic nitrogens is 3. The van der Waals surface area contributed by atoms with Crippen molar-refractivity contribution >= 4 is 0 Å². The summed E-state index contributed by atoms with van der Waals surface area (Å²) in [6, 6.07) is 0.304. The van der Waals surface area contributed by atoms with Gasteiger partial charge in [-0.15, -0.1) is 10.2 Å². The summed E-state index contributed by atoms with van der Waals surface area (Å²) in [5.74, 6) is 2.88. The summed E-state index contributed by atoms with van der Waals surface area (Å²) in [4.78, 5) is 0. The Kier molecular flexibility index (Phi) is 2.54. The predicted octanol–water partition coefficient (Wildman–Crippen LogP) is 0.886. The minimum atomic E-state index is 0.304. The van der Waals surface area contributed by atoms with E-state index in [2.05, 4.69) is 21.7 Å². The van der Waals surface area contributed by atoms with Crippen molar-refractivity contribution in [3.05, 3.63) is 11.6 Å². The fraction of sp³-hybridized carbons (Fsp3) is 0.800. The first kappa shape index (κ1) is 9.65. The van der Waals surface area contributed by atoms with Gasteiger partial charge in [0.15, 0.2) is 0 Å². The van der Waals surface area contributed by atoms with Crippen LogP contribution in [0.2, 0.25) is 0 Å². The van der Waals surface area contributed by atoms with Crippen LogP contribution >= 0.6 is 0 Å². The number of nitrogens with zero attached hydrogens (tertiary/aromatic N) is 3. The van der Waals surface area contributed by atoms with Crippen molar-refractivity contribution < 1.29 is 0 Å². The second-order valence-corrected chi connectivity index (χ2v) is 4.39. The molecule has 2 unspecified atom stereocenters. The molecule has 2 rings (SSSR count). The lowest BCUT2D eigenvalue weighted by Gasteiger charge is -2.25. The average Bonchev–Trinajstić information content (AvgIpc) is 2.47. The molecule has 0 fully saturated rings. The largest absolute Gasteiger partial charge is 0.328 e. The zero-order chi connectivity index (χ0) is 10.1. The summed E-state index contributed by atoms with van der Waals surface area (Å²) in [5.41, 5.74) is 5.82. The molecule has 0 radical (unpaired) electrons. The van der Waals surface area contributed by atoms with Gasteiger partial charge in [-0.1, -0.05) is 0 Å². The lowest BCUT2D eigenvalue weighted by atomic mass is 9.93. The van der Waals surface area contributed by atoms with Gasteiger partial charge in [-0.2, -0.15) is 0 Å². The molecule has 2 atom stereocenters. The van der Waals surface area contributed by atoms with Gasteiger partial charge in [-0.3, -0.25) is 0 Å². The van der Waals surface area contributed by atoms with Gasteiger partial charge in [0.25, 0.3) is 0 Å². The molecule has 78 valence electrons. The van der Waals surface area contributed by atoms with Crippen molar-refractivity contribution in [3.63, 3.8) is 0 Å². The quantitative estimate of drug-likeness (QED) is 0.760. The lowest BCUT2D eigenvalue weighted by Crippen LogP contribution is -2.27. The van der Waals surface area contributed by atoms with Gasteiger partial charge in [0.2, 0.25) is 0 Å². The minimum Gasteiger partial charge on any atom is -0.328 e. The highest BCUT2D eigenvalue weighted by atomic mass is 15.3. The molecule has 0 amide bonds. The van der Waals surface area contributed by atoms with E-state index in [0.29, 0.717) is 12.0 Å². The van der Waals surface area contributed by atoms with Gasteiger partial charge >= 0.3 is 0 Å². The minimum absolute atomic E-state index is 0.304. The molecule has 4 nitrogen and oxygen atoms in total. The molecule has 0 spiro atoms. The van der Waals surface area contributed by atoms with Crippen LogP contribution in [0.1, 0.15) is 31.4 Å². The molecule has 0 aromatic carbocycles.